The van der Waals surface area contributed by atoms with Crippen molar-refractivity contribution >= 4 is 143 Å². The van der Waals surface area contributed by atoms with Crippen molar-refractivity contribution in [3.05, 3.63) is 266 Å². The number of fused-ring (bicyclic) bond motifs is 15. The van der Waals surface area contributed by atoms with Gasteiger partial charge in [-0.05, 0) is 136 Å². The third-order valence-corrected chi connectivity index (χ3v) is 16.5. The summed E-state index contributed by atoms with van der Waals surface area (Å²) >= 11 is 0. The summed E-state index contributed by atoms with van der Waals surface area (Å²) in [4.78, 5) is 4.59. The van der Waals surface area contributed by atoms with Crippen LogP contribution in [0.15, 0.2) is 279 Å². The quantitative estimate of drug-likeness (QED) is 0.151. The molecule has 0 N–H and O–H groups in total. The van der Waals surface area contributed by atoms with Gasteiger partial charge in [-0.2, -0.15) is 0 Å². The van der Waals surface area contributed by atoms with Crippen molar-refractivity contribution < 1.29 is 17.7 Å². The molecule has 17 rings (SSSR count). The largest absolute Gasteiger partial charge is 0.453 e. The van der Waals surface area contributed by atoms with Gasteiger partial charge in [0.25, 0.3) is 0 Å². The van der Waals surface area contributed by atoms with Gasteiger partial charge in [0, 0.05) is 77.0 Å². The van der Waals surface area contributed by atoms with Crippen LogP contribution in [-0.4, -0.2) is 0 Å². The molecule has 4 aromatic heterocycles. The molecule has 6 heteroatoms. The van der Waals surface area contributed by atoms with Crippen molar-refractivity contribution in [1.29, 1.82) is 0 Å². The average Bonchev–Trinajstić information content (AvgIpc) is 4.48. The number of para-hydroxylation sites is 6. The predicted octanol–water partition coefficient (Wildman–Crippen LogP) is 22.2. The number of nitrogens with zero attached hydrogens (tertiary/aromatic N) is 2. The highest BCUT2D eigenvalue weighted by molar-refractivity contribution is 6.23. The lowest BCUT2D eigenvalue weighted by Crippen LogP contribution is -2.10. The Morgan fingerprint density at radius 3 is 1.20 bits per heavy atom. The molecule has 0 atom stereocenters. The smallest absolute Gasteiger partial charge is 0.178 e. The van der Waals surface area contributed by atoms with Crippen molar-refractivity contribution in [3.8, 4) is 22.3 Å². The van der Waals surface area contributed by atoms with Crippen LogP contribution in [0.5, 0.6) is 0 Å². The first kappa shape index (κ1) is 45.2. The van der Waals surface area contributed by atoms with Crippen LogP contribution in [-0.2, 0) is 0 Å². The van der Waals surface area contributed by atoms with Crippen LogP contribution in [0.4, 0.5) is 34.1 Å². The van der Waals surface area contributed by atoms with Gasteiger partial charge < -0.3 is 27.5 Å². The Kier molecular flexibility index (Phi) is 9.83. The minimum absolute atomic E-state index is 0.740. The number of aryl methyl sites for hydroxylation is 1. The van der Waals surface area contributed by atoms with Crippen LogP contribution < -0.4 is 9.80 Å². The van der Waals surface area contributed by atoms with E-state index in [-0.39, 0.29) is 0 Å². The number of hydrogen-bond donors (Lipinski definition) is 0. The number of anilines is 6. The topological polar surface area (TPSA) is 59.0 Å². The maximum Gasteiger partial charge on any atom is 0.178 e. The summed E-state index contributed by atoms with van der Waals surface area (Å²) in [7, 11) is 0. The molecule has 0 aliphatic carbocycles. The highest BCUT2D eigenvalue weighted by Gasteiger charge is 2.25. The van der Waals surface area contributed by atoms with E-state index in [9.17, 15) is 0 Å². The number of hydrogen-bond acceptors (Lipinski definition) is 6. The molecule has 4 heterocycles. The summed E-state index contributed by atoms with van der Waals surface area (Å²) in [5, 5.41) is 12.8. The second kappa shape index (κ2) is 17.6. The lowest BCUT2D eigenvalue weighted by Gasteiger charge is -2.25. The second-order valence-corrected chi connectivity index (χ2v) is 21.2. The van der Waals surface area contributed by atoms with E-state index in [1.165, 1.54) is 0 Å². The van der Waals surface area contributed by atoms with Gasteiger partial charge in [-0.25, -0.2) is 0 Å². The predicted molar refractivity (Wildman–Crippen MR) is 336 cm³/mol. The van der Waals surface area contributed by atoms with Gasteiger partial charge in [-0.3, -0.25) is 0 Å². The molecule has 0 aliphatic heterocycles. The number of benzene rings is 13. The Balaban J connectivity index is 0.784. The standard InChI is InChI=1S/C75H46N2O4/c1-45-38-63-62-41-48-34-36-54(76(52-22-10-4-11-23-52)65-32-16-30-60-58-28-14-26-56(70(58)80-72(60)65)46-18-6-2-7-19-46)39-50(48)43-67(62)78-74(63)75-69(45)64-42-49-35-37-55(40-51(49)44-68(64)79-75)77(53-24-12-5-13-25-53)66-33-17-31-61-59-29-15-27-57(71(59)81-73(61)66)47-20-8-3-9-21-47/h2-44H,1H3. The second-order valence-electron chi connectivity index (χ2n) is 21.2. The average molecular weight is 1040 g/mol. The highest BCUT2D eigenvalue weighted by atomic mass is 16.4. The zero-order chi connectivity index (χ0) is 53.3. The summed E-state index contributed by atoms with van der Waals surface area (Å²) < 4.78 is 27.9. The third-order valence-electron chi connectivity index (χ3n) is 16.5. The van der Waals surface area contributed by atoms with Gasteiger partial charge in [-0.15, -0.1) is 0 Å². The summed E-state index contributed by atoms with van der Waals surface area (Å²) in [6, 6.07) is 92.2. The van der Waals surface area contributed by atoms with Gasteiger partial charge >= 0.3 is 0 Å². The monoisotopic (exact) mass is 1040 g/mol. The molecule has 0 saturated carbocycles. The van der Waals surface area contributed by atoms with E-state index in [0.29, 0.717) is 0 Å². The molecule has 0 amide bonds. The van der Waals surface area contributed by atoms with E-state index in [2.05, 4.69) is 265 Å². The van der Waals surface area contributed by atoms with E-state index >= 15 is 0 Å². The molecule has 0 radical (unpaired) electrons. The summed E-state index contributed by atoms with van der Waals surface area (Å²) in [5.41, 5.74) is 18.0. The molecule has 0 fully saturated rings. The Morgan fingerprint density at radius 1 is 0.259 bits per heavy atom. The van der Waals surface area contributed by atoms with Crippen LogP contribution in [0, 0.1) is 6.92 Å². The van der Waals surface area contributed by atoms with Crippen LogP contribution in [0.2, 0.25) is 0 Å². The lowest BCUT2D eigenvalue weighted by atomic mass is 10.00. The lowest BCUT2D eigenvalue weighted by molar-refractivity contribution is 0.633. The Labute approximate surface area is 464 Å². The summed E-state index contributed by atoms with van der Waals surface area (Å²) in [5.74, 6) is 0. The zero-order valence-corrected chi connectivity index (χ0v) is 43.9. The Hall–Kier alpha value is -10.8. The Morgan fingerprint density at radius 2 is 0.691 bits per heavy atom. The van der Waals surface area contributed by atoms with Gasteiger partial charge in [0.1, 0.15) is 22.3 Å². The van der Waals surface area contributed by atoms with Crippen molar-refractivity contribution in [2.75, 3.05) is 9.80 Å². The van der Waals surface area contributed by atoms with Crippen LogP contribution >= 0.6 is 0 Å². The number of rotatable bonds is 8. The maximum atomic E-state index is 6.99. The molecule has 0 bridgehead atoms. The van der Waals surface area contributed by atoms with E-state index in [1.54, 1.807) is 0 Å². The SMILES string of the molecule is Cc1cc2c3cc4ccc(N(c5ccccc5)c5cccc6c5oc5c(-c7ccccc7)cccc56)cc4cc3oc2c2oc3cc4cc(N(c5ccccc5)c5cccc6c5oc5c(-c7ccccc7)cccc56)ccc4cc3c12. The number of furan rings is 4. The van der Waals surface area contributed by atoms with Crippen molar-refractivity contribution in [2.45, 2.75) is 6.92 Å². The normalized spacial score (nSPS) is 12.0. The maximum absolute atomic E-state index is 6.99. The highest BCUT2D eigenvalue weighted by Crippen LogP contribution is 2.49. The molecular formula is C75H46N2O4. The summed E-state index contributed by atoms with van der Waals surface area (Å²) in [6.07, 6.45) is 0. The van der Waals surface area contributed by atoms with Gasteiger partial charge in [0.2, 0.25) is 0 Å². The Bertz CT molecular complexity index is 5370. The fraction of sp³-hybridized carbons (Fsp3) is 0.0133. The van der Waals surface area contributed by atoms with Crippen molar-refractivity contribution in [2.24, 2.45) is 0 Å². The first-order chi connectivity index (χ1) is 40.1. The minimum atomic E-state index is 0.740. The van der Waals surface area contributed by atoms with Crippen LogP contribution in [0.3, 0.4) is 0 Å². The molecule has 0 spiro atoms. The molecule has 6 nitrogen and oxygen atoms in total. The molecule has 13 aromatic carbocycles. The first-order valence-corrected chi connectivity index (χ1v) is 27.5. The molecule has 380 valence electrons. The van der Waals surface area contributed by atoms with Gasteiger partial charge in [0.15, 0.2) is 22.3 Å². The fourth-order valence-electron chi connectivity index (χ4n) is 12.8. The van der Waals surface area contributed by atoms with Crippen LogP contribution in [0.1, 0.15) is 5.56 Å². The van der Waals surface area contributed by atoms with E-state index in [0.717, 1.165) is 171 Å². The molecule has 0 saturated heterocycles. The summed E-state index contributed by atoms with van der Waals surface area (Å²) in [6.45, 7) is 2.18. The van der Waals surface area contributed by atoms with E-state index in [1.807, 2.05) is 12.1 Å². The van der Waals surface area contributed by atoms with E-state index in [4.69, 9.17) is 17.7 Å². The van der Waals surface area contributed by atoms with Gasteiger partial charge in [-0.1, -0.05) is 170 Å². The molecule has 17 aromatic rings. The first-order valence-electron chi connectivity index (χ1n) is 27.5. The van der Waals surface area contributed by atoms with Crippen molar-refractivity contribution in [1.82, 2.24) is 0 Å². The molecule has 0 aliphatic rings. The molecule has 0 unspecified atom stereocenters. The zero-order valence-electron chi connectivity index (χ0n) is 43.9. The molecular weight excluding hydrogens is 993 g/mol. The van der Waals surface area contributed by atoms with Crippen LogP contribution in [0.25, 0.3) is 132 Å². The van der Waals surface area contributed by atoms with Crippen molar-refractivity contribution in [3.63, 3.8) is 0 Å². The minimum Gasteiger partial charge on any atom is -0.453 e. The van der Waals surface area contributed by atoms with Gasteiger partial charge in [0.05, 0.1) is 11.4 Å². The third kappa shape index (κ3) is 7.00. The van der Waals surface area contributed by atoms with E-state index < -0.39 is 0 Å². The fourth-order valence-corrected chi connectivity index (χ4v) is 12.8. The molecule has 81 heavy (non-hydrogen) atoms.